The second kappa shape index (κ2) is 13.4. The van der Waals surface area contributed by atoms with Crippen LogP contribution < -0.4 is 19.5 Å². The molecule has 7 heteroatoms. The van der Waals surface area contributed by atoms with Crippen LogP contribution in [0.1, 0.15) is 45.2 Å². The Kier molecular flexibility index (Phi) is 10.5. The van der Waals surface area contributed by atoms with Crippen LogP contribution in [-0.2, 0) is 22.6 Å². The number of carbonyl (C=O) groups excluding carboxylic acids is 2. The van der Waals surface area contributed by atoms with E-state index >= 15 is 0 Å². The summed E-state index contributed by atoms with van der Waals surface area (Å²) in [7, 11) is 1.60. The summed E-state index contributed by atoms with van der Waals surface area (Å²) in [6, 6.07) is 12.7. The van der Waals surface area contributed by atoms with Crippen molar-refractivity contribution in [1.29, 1.82) is 0 Å². The van der Waals surface area contributed by atoms with Crippen LogP contribution in [0.2, 0.25) is 0 Å². The highest BCUT2D eigenvalue weighted by atomic mass is 16.5. The summed E-state index contributed by atoms with van der Waals surface area (Å²) in [5, 5.41) is 2.81. The molecule has 1 N–H and O–H groups in total. The molecular weight excluding hydrogens is 420 g/mol. The lowest BCUT2D eigenvalue weighted by Gasteiger charge is -2.29. The number of rotatable bonds is 13. The van der Waals surface area contributed by atoms with Crippen molar-refractivity contribution in [3.05, 3.63) is 53.6 Å². The second-order valence-corrected chi connectivity index (χ2v) is 7.59. The zero-order valence-electron chi connectivity index (χ0n) is 20.3. The molecule has 180 valence electrons. The van der Waals surface area contributed by atoms with Crippen LogP contribution in [0.3, 0.4) is 0 Å². The Morgan fingerprint density at radius 3 is 2.36 bits per heavy atom. The molecule has 2 aromatic rings. The molecule has 0 bridgehead atoms. The minimum absolute atomic E-state index is 0.0941. The molecule has 33 heavy (non-hydrogen) atoms. The van der Waals surface area contributed by atoms with Crippen LogP contribution in [0.15, 0.2) is 42.5 Å². The summed E-state index contributed by atoms with van der Waals surface area (Å²) in [5.74, 6) is 1.81. The Balaban J connectivity index is 2.18. The van der Waals surface area contributed by atoms with Gasteiger partial charge in [0, 0.05) is 19.5 Å². The van der Waals surface area contributed by atoms with Gasteiger partial charge < -0.3 is 24.4 Å². The number of ether oxygens (including phenoxy) is 3. The largest absolute Gasteiger partial charge is 0.497 e. The third-order valence-corrected chi connectivity index (χ3v) is 5.24. The van der Waals surface area contributed by atoms with Gasteiger partial charge in [-0.3, -0.25) is 9.59 Å². The fourth-order valence-corrected chi connectivity index (χ4v) is 3.52. The van der Waals surface area contributed by atoms with Gasteiger partial charge in [-0.25, -0.2) is 0 Å². The molecule has 2 aromatic carbocycles. The van der Waals surface area contributed by atoms with Crippen LogP contribution in [0.4, 0.5) is 0 Å². The predicted molar refractivity (Wildman–Crippen MR) is 129 cm³/mol. The normalized spacial score (nSPS) is 11.4. The van der Waals surface area contributed by atoms with E-state index in [1.54, 1.807) is 18.9 Å². The summed E-state index contributed by atoms with van der Waals surface area (Å²) in [4.78, 5) is 27.4. The highest BCUT2D eigenvalue weighted by Crippen LogP contribution is 2.29. The van der Waals surface area contributed by atoms with E-state index in [9.17, 15) is 9.59 Å². The number of benzene rings is 2. The lowest BCUT2D eigenvalue weighted by atomic mass is 10.1. The molecule has 0 aromatic heterocycles. The maximum Gasteiger partial charge on any atom is 0.242 e. The van der Waals surface area contributed by atoms with Crippen LogP contribution in [-0.4, -0.2) is 49.6 Å². The van der Waals surface area contributed by atoms with Gasteiger partial charge in [0.15, 0.2) is 11.5 Å². The molecule has 0 heterocycles. The van der Waals surface area contributed by atoms with Gasteiger partial charge in [-0.1, -0.05) is 18.2 Å². The first kappa shape index (κ1) is 26.0. The maximum absolute atomic E-state index is 13.3. The highest BCUT2D eigenvalue weighted by molar-refractivity contribution is 5.87. The van der Waals surface area contributed by atoms with Gasteiger partial charge in [0.1, 0.15) is 11.8 Å². The van der Waals surface area contributed by atoms with Crippen molar-refractivity contribution < 1.29 is 23.8 Å². The highest BCUT2D eigenvalue weighted by Gasteiger charge is 2.25. The van der Waals surface area contributed by atoms with E-state index < -0.39 is 6.04 Å². The van der Waals surface area contributed by atoms with E-state index in [1.807, 2.05) is 63.2 Å². The lowest BCUT2D eigenvalue weighted by molar-refractivity contribution is -0.140. The maximum atomic E-state index is 13.3. The molecule has 0 radical (unpaired) electrons. The van der Waals surface area contributed by atoms with Gasteiger partial charge >= 0.3 is 0 Å². The number of nitrogens with one attached hydrogen (secondary N) is 1. The van der Waals surface area contributed by atoms with Crippen LogP contribution >= 0.6 is 0 Å². The third kappa shape index (κ3) is 7.70. The number of amides is 2. The minimum atomic E-state index is -0.594. The van der Waals surface area contributed by atoms with Crippen molar-refractivity contribution in [1.82, 2.24) is 10.2 Å². The lowest BCUT2D eigenvalue weighted by Crippen LogP contribution is -2.47. The average Bonchev–Trinajstić information content (AvgIpc) is 2.82. The van der Waals surface area contributed by atoms with E-state index in [1.165, 1.54) is 0 Å². The number of methoxy groups -OCH3 is 1. The molecule has 1 atom stereocenters. The molecule has 0 spiro atoms. The Bertz CT molecular complexity index is 915. The van der Waals surface area contributed by atoms with Crippen molar-refractivity contribution in [2.45, 2.75) is 53.1 Å². The fourth-order valence-electron chi connectivity index (χ4n) is 3.52. The third-order valence-electron chi connectivity index (χ3n) is 5.24. The molecule has 0 aliphatic heterocycles. The minimum Gasteiger partial charge on any atom is -0.497 e. The second-order valence-electron chi connectivity index (χ2n) is 7.59. The molecule has 0 aliphatic carbocycles. The number of hydrogen-bond acceptors (Lipinski definition) is 5. The van der Waals surface area contributed by atoms with Crippen LogP contribution in [0.5, 0.6) is 17.2 Å². The Morgan fingerprint density at radius 1 is 0.970 bits per heavy atom. The van der Waals surface area contributed by atoms with E-state index in [4.69, 9.17) is 14.2 Å². The summed E-state index contributed by atoms with van der Waals surface area (Å²) >= 11 is 0. The quantitative estimate of drug-likeness (QED) is 0.493. The van der Waals surface area contributed by atoms with E-state index in [-0.39, 0.29) is 18.2 Å². The fraction of sp³-hybridized carbons (Fsp3) is 0.462. The van der Waals surface area contributed by atoms with Crippen LogP contribution in [0.25, 0.3) is 0 Å². The average molecular weight is 457 g/mol. The molecule has 0 saturated heterocycles. The molecule has 2 rings (SSSR count). The monoisotopic (exact) mass is 456 g/mol. The molecule has 0 saturated carbocycles. The van der Waals surface area contributed by atoms with Gasteiger partial charge in [0.2, 0.25) is 11.8 Å². The number of hydrogen-bond donors (Lipinski definition) is 1. The predicted octanol–water partition coefficient (Wildman–Crippen LogP) is 3.98. The van der Waals surface area contributed by atoms with Crippen molar-refractivity contribution in [2.24, 2.45) is 0 Å². The van der Waals surface area contributed by atoms with Crippen molar-refractivity contribution >= 4 is 11.8 Å². The Labute approximate surface area is 197 Å². The molecular formula is C26H36N2O5. The summed E-state index contributed by atoms with van der Waals surface area (Å²) in [6.45, 7) is 9.38. The van der Waals surface area contributed by atoms with Gasteiger partial charge in [-0.2, -0.15) is 0 Å². The first-order valence-corrected chi connectivity index (χ1v) is 11.5. The van der Waals surface area contributed by atoms with Gasteiger partial charge in [-0.05, 0) is 69.5 Å². The smallest absolute Gasteiger partial charge is 0.242 e. The van der Waals surface area contributed by atoms with Crippen LogP contribution in [0, 0.1) is 0 Å². The number of carbonyl (C=O) groups is 2. The van der Waals surface area contributed by atoms with Gasteiger partial charge in [0.25, 0.3) is 0 Å². The zero-order chi connectivity index (χ0) is 24.2. The van der Waals surface area contributed by atoms with E-state index in [2.05, 4.69) is 5.32 Å². The molecule has 0 unspecified atom stereocenters. The Morgan fingerprint density at radius 2 is 1.70 bits per heavy atom. The first-order valence-electron chi connectivity index (χ1n) is 11.5. The molecule has 7 nitrogen and oxygen atoms in total. The molecule has 2 amide bonds. The van der Waals surface area contributed by atoms with Gasteiger partial charge in [-0.15, -0.1) is 0 Å². The summed E-state index contributed by atoms with van der Waals surface area (Å²) in [6.07, 6.45) is 0.801. The molecule has 0 fully saturated rings. The molecule has 0 aliphatic rings. The number of likely N-dealkylation sites (N-methyl/N-ethyl adjacent to an activating group) is 1. The summed E-state index contributed by atoms with van der Waals surface area (Å²) in [5.41, 5.74) is 1.88. The standard InChI is InChI=1S/C26H36N2O5/c1-6-27-26(30)19(4)28(18-21-10-9-11-22(16-21)31-5)25(29)15-13-20-12-14-23(32-7-2)24(17-20)33-8-3/h9-12,14,16-17,19H,6-8,13,15,18H2,1-5H3,(H,27,30)/t19-/m1/s1. The van der Waals surface area contributed by atoms with Gasteiger partial charge in [0.05, 0.1) is 20.3 Å². The summed E-state index contributed by atoms with van der Waals surface area (Å²) < 4.78 is 16.6. The Hall–Kier alpha value is -3.22. The first-order chi connectivity index (χ1) is 15.9. The number of aryl methyl sites for hydroxylation is 1. The van der Waals surface area contributed by atoms with Crippen molar-refractivity contribution in [3.8, 4) is 17.2 Å². The van der Waals surface area contributed by atoms with E-state index in [0.29, 0.717) is 50.0 Å². The van der Waals surface area contributed by atoms with Crippen molar-refractivity contribution in [3.63, 3.8) is 0 Å². The SMILES string of the molecule is CCNC(=O)[C@@H](C)N(Cc1cccc(OC)c1)C(=O)CCc1ccc(OCC)c(OCC)c1. The van der Waals surface area contributed by atoms with Crippen molar-refractivity contribution in [2.75, 3.05) is 26.9 Å². The van der Waals surface area contributed by atoms with E-state index in [0.717, 1.165) is 11.1 Å². The number of nitrogens with zero attached hydrogens (tertiary/aromatic N) is 1. The topological polar surface area (TPSA) is 77.1 Å². The zero-order valence-corrected chi connectivity index (χ0v) is 20.3.